The van der Waals surface area contributed by atoms with E-state index in [1.807, 2.05) is 0 Å². The van der Waals surface area contributed by atoms with Crippen molar-refractivity contribution in [2.45, 2.75) is 31.0 Å². The number of nitrogen functional groups attached to an aromatic ring is 1. The fourth-order valence-electron chi connectivity index (χ4n) is 3.62. The number of hydrogen-bond donors (Lipinski definition) is 3. The monoisotopic (exact) mass is 520 g/mol. The highest BCUT2D eigenvalue weighted by Gasteiger charge is 2.39. The standard InChI is InChI=1S/C24H34FN6O4P/c1-27-24(31(3)16-33,12-18-9-8-17(26)14-28-18)13-20(23(34)30(2)10-5-11-32)29-15-35-21-7-4-6-19(25)22(21)36/h4,6-9,14,16,20,29,32H,1,5,10-13,15,26,36H2,2-3H3. The van der Waals surface area contributed by atoms with E-state index in [2.05, 4.69) is 31.3 Å². The molecule has 0 bridgehead atoms. The smallest absolute Gasteiger partial charge is 0.239 e. The summed E-state index contributed by atoms with van der Waals surface area (Å²) in [5, 5.41) is 12.5. The maximum atomic E-state index is 13.9. The van der Waals surface area contributed by atoms with Crippen molar-refractivity contribution < 1.29 is 23.8 Å². The number of benzene rings is 1. The highest BCUT2D eigenvalue weighted by atomic mass is 31.0. The summed E-state index contributed by atoms with van der Waals surface area (Å²) in [6, 6.07) is 6.99. The lowest BCUT2D eigenvalue weighted by Crippen LogP contribution is -2.55. The highest BCUT2D eigenvalue weighted by molar-refractivity contribution is 7.27. The van der Waals surface area contributed by atoms with Gasteiger partial charge in [-0.3, -0.25) is 24.9 Å². The van der Waals surface area contributed by atoms with Gasteiger partial charge in [0.15, 0.2) is 0 Å². The van der Waals surface area contributed by atoms with E-state index in [9.17, 15) is 19.1 Å². The van der Waals surface area contributed by atoms with Gasteiger partial charge in [-0.1, -0.05) is 15.3 Å². The van der Waals surface area contributed by atoms with Crippen molar-refractivity contribution >= 4 is 39.3 Å². The quantitative estimate of drug-likeness (QED) is 0.135. The molecule has 2 aromatic rings. The van der Waals surface area contributed by atoms with Crippen molar-refractivity contribution in [1.29, 1.82) is 0 Å². The van der Waals surface area contributed by atoms with Gasteiger partial charge >= 0.3 is 0 Å². The Morgan fingerprint density at radius 3 is 2.78 bits per heavy atom. The van der Waals surface area contributed by atoms with Crippen LogP contribution >= 0.6 is 9.24 Å². The van der Waals surface area contributed by atoms with Gasteiger partial charge in [0, 0.05) is 51.1 Å². The molecule has 196 valence electrons. The number of likely N-dealkylation sites (N-methyl/N-ethyl adjacent to an activating group) is 2. The molecule has 2 amide bonds. The number of carbonyl (C=O) groups excluding carboxylic acids is 2. The molecule has 36 heavy (non-hydrogen) atoms. The van der Waals surface area contributed by atoms with E-state index < -0.39 is 17.5 Å². The van der Waals surface area contributed by atoms with E-state index in [1.54, 1.807) is 32.3 Å². The van der Waals surface area contributed by atoms with Crippen LogP contribution in [0, 0.1) is 5.82 Å². The van der Waals surface area contributed by atoms with Crippen LogP contribution < -0.4 is 21.1 Å². The molecule has 1 aromatic carbocycles. The SMILES string of the molecule is C=NC(Cc1ccc(N)cn1)(CC(NCOc1cccc(F)c1P)C(=O)N(C)CCCO)N(C)C=O. The molecule has 0 aliphatic heterocycles. The Bertz CT molecular complexity index is 1030. The van der Waals surface area contributed by atoms with Crippen LogP contribution in [0.2, 0.25) is 0 Å². The summed E-state index contributed by atoms with van der Waals surface area (Å²) < 4.78 is 19.6. The Balaban J connectivity index is 2.32. The molecule has 12 heteroatoms. The van der Waals surface area contributed by atoms with Crippen molar-refractivity contribution in [3.8, 4) is 5.75 Å². The number of nitrogens with one attached hydrogen (secondary N) is 1. The summed E-state index contributed by atoms with van der Waals surface area (Å²) in [6.07, 6.45) is 2.74. The second-order valence-electron chi connectivity index (χ2n) is 8.35. The fraction of sp³-hybridized carbons (Fsp3) is 0.417. The number of carbonyl (C=O) groups is 2. The van der Waals surface area contributed by atoms with Gasteiger partial charge in [-0.15, -0.1) is 0 Å². The van der Waals surface area contributed by atoms with Gasteiger partial charge in [0.1, 0.15) is 24.0 Å². The van der Waals surface area contributed by atoms with E-state index in [0.717, 1.165) is 0 Å². The van der Waals surface area contributed by atoms with Crippen LogP contribution in [-0.2, 0) is 16.0 Å². The van der Waals surface area contributed by atoms with Crippen LogP contribution in [0.15, 0.2) is 41.5 Å². The van der Waals surface area contributed by atoms with Gasteiger partial charge in [0.05, 0.1) is 17.9 Å². The fourth-order valence-corrected chi connectivity index (χ4v) is 3.90. The first-order valence-corrected chi connectivity index (χ1v) is 11.9. The number of rotatable bonds is 15. The Morgan fingerprint density at radius 2 is 2.17 bits per heavy atom. The summed E-state index contributed by atoms with van der Waals surface area (Å²) in [5.74, 6) is -0.432. The molecule has 0 radical (unpaired) electrons. The summed E-state index contributed by atoms with van der Waals surface area (Å²) in [4.78, 5) is 36.6. The largest absolute Gasteiger partial charge is 0.478 e. The normalized spacial score (nSPS) is 13.4. The number of aromatic nitrogens is 1. The van der Waals surface area contributed by atoms with Gasteiger partial charge in [-0.25, -0.2) is 4.39 Å². The summed E-state index contributed by atoms with van der Waals surface area (Å²) in [5.41, 5.74) is 5.62. The molecule has 2 rings (SSSR count). The second-order valence-corrected chi connectivity index (χ2v) is 8.93. The molecule has 3 unspecified atom stereocenters. The molecule has 0 fully saturated rings. The number of ether oxygens (including phenoxy) is 1. The van der Waals surface area contributed by atoms with Gasteiger partial charge < -0.3 is 25.4 Å². The van der Waals surface area contributed by atoms with Crippen molar-refractivity contribution in [3.63, 3.8) is 0 Å². The molecule has 3 atom stereocenters. The Labute approximate surface area is 212 Å². The number of nitrogens with two attached hydrogens (primary N) is 1. The molecular weight excluding hydrogens is 486 g/mol. The predicted molar refractivity (Wildman–Crippen MR) is 141 cm³/mol. The van der Waals surface area contributed by atoms with Crippen molar-refractivity contribution in [1.82, 2.24) is 20.1 Å². The van der Waals surface area contributed by atoms with Crippen LogP contribution in [0.3, 0.4) is 0 Å². The number of amides is 2. The molecule has 0 spiro atoms. The lowest BCUT2D eigenvalue weighted by Gasteiger charge is -2.39. The minimum absolute atomic E-state index is 0.0420. The van der Waals surface area contributed by atoms with Crippen molar-refractivity contribution in [3.05, 3.63) is 48.0 Å². The van der Waals surface area contributed by atoms with Crippen LogP contribution in [0.5, 0.6) is 5.75 Å². The minimum atomic E-state index is -1.22. The molecule has 10 nitrogen and oxygen atoms in total. The first-order valence-electron chi connectivity index (χ1n) is 11.3. The van der Waals surface area contributed by atoms with E-state index in [-0.39, 0.29) is 37.4 Å². The third kappa shape index (κ3) is 7.68. The molecule has 1 heterocycles. The first kappa shape index (κ1) is 29.1. The maximum absolute atomic E-state index is 13.9. The van der Waals surface area contributed by atoms with Gasteiger partial charge in [0.25, 0.3) is 0 Å². The number of pyridine rings is 1. The minimum Gasteiger partial charge on any atom is -0.478 e. The van der Waals surface area contributed by atoms with Crippen LogP contribution in [0.1, 0.15) is 18.5 Å². The average Bonchev–Trinajstić information content (AvgIpc) is 2.88. The predicted octanol–water partition coefficient (Wildman–Crippen LogP) is 0.557. The number of aliphatic imine (C=N–C) groups is 1. The number of anilines is 1. The van der Waals surface area contributed by atoms with E-state index >= 15 is 0 Å². The van der Waals surface area contributed by atoms with E-state index in [4.69, 9.17) is 10.5 Å². The van der Waals surface area contributed by atoms with Crippen LogP contribution in [0.25, 0.3) is 0 Å². The molecule has 1 aromatic heterocycles. The van der Waals surface area contributed by atoms with Gasteiger partial charge in [-0.05, 0) is 37.4 Å². The van der Waals surface area contributed by atoms with E-state index in [0.29, 0.717) is 36.5 Å². The number of nitrogens with zero attached hydrogens (tertiary/aromatic N) is 4. The first-order chi connectivity index (χ1) is 17.2. The van der Waals surface area contributed by atoms with Crippen molar-refractivity contribution in [2.24, 2.45) is 4.99 Å². The van der Waals surface area contributed by atoms with Crippen LogP contribution in [0.4, 0.5) is 10.1 Å². The molecule has 0 saturated heterocycles. The Morgan fingerprint density at radius 1 is 1.42 bits per heavy atom. The second kappa shape index (κ2) is 13.8. The Hall–Kier alpha value is -3.14. The van der Waals surface area contributed by atoms with Crippen LogP contribution in [-0.4, -0.2) is 84.6 Å². The average molecular weight is 521 g/mol. The molecule has 0 aliphatic rings. The highest BCUT2D eigenvalue weighted by Crippen LogP contribution is 2.27. The zero-order valence-corrected chi connectivity index (χ0v) is 21.7. The van der Waals surface area contributed by atoms with Gasteiger partial charge in [0.2, 0.25) is 12.3 Å². The maximum Gasteiger partial charge on any atom is 0.239 e. The lowest BCUT2D eigenvalue weighted by molar-refractivity contribution is -0.135. The lowest BCUT2D eigenvalue weighted by atomic mass is 9.93. The number of halogens is 1. The molecular formula is C24H34FN6O4P. The van der Waals surface area contributed by atoms with Gasteiger partial charge in [-0.2, -0.15) is 0 Å². The third-order valence-electron chi connectivity index (χ3n) is 5.85. The summed E-state index contributed by atoms with van der Waals surface area (Å²) in [6.45, 7) is 3.85. The molecule has 4 N–H and O–H groups in total. The number of hydrogen-bond acceptors (Lipinski definition) is 8. The zero-order chi connectivity index (χ0) is 26.7. The summed E-state index contributed by atoms with van der Waals surface area (Å²) in [7, 11) is 5.46. The molecule has 0 saturated carbocycles. The number of aliphatic hydroxyl groups is 1. The zero-order valence-electron chi connectivity index (χ0n) is 20.6. The topological polar surface area (TPSA) is 133 Å². The Kier molecular flexibility index (Phi) is 11.2. The number of aliphatic hydroxyl groups excluding tert-OH is 1. The third-order valence-corrected chi connectivity index (χ3v) is 6.41. The summed E-state index contributed by atoms with van der Waals surface area (Å²) >= 11 is 0. The van der Waals surface area contributed by atoms with Crippen molar-refractivity contribution in [2.75, 3.05) is 39.7 Å². The van der Waals surface area contributed by atoms with E-state index in [1.165, 1.54) is 28.1 Å². The molecule has 0 aliphatic carbocycles.